The molecule has 0 bridgehead atoms. The molecule has 0 saturated heterocycles. The van der Waals surface area contributed by atoms with Gasteiger partial charge in [0.2, 0.25) is 0 Å². The number of carbonyl (C=O) groups excluding carboxylic acids is 1. The first kappa shape index (κ1) is 29.6. The molecule has 7 heteroatoms. The van der Waals surface area contributed by atoms with Crippen molar-refractivity contribution in [3.8, 4) is 0 Å². The Morgan fingerprint density at radius 1 is 0.964 bits per heavy atom. The lowest BCUT2D eigenvalue weighted by Gasteiger charge is -2.47. The van der Waals surface area contributed by atoms with Crippen molar-refractivity contribution in [2.75, 3.05) is 6.61 Å². The summed E-state index contributed by atoms with van der Waals surface area (Å²) in [4.78, 5) is 11.1. The largest absolute Gasteiger partial charge is 0.455 e. The van der Waals surface area contributed by atoms with E-state index in [1.807, 2.05) is 0 Å². The molecule has 28 heavy (non-hydrogen) atoms. The molecule has 0 fully saturated rings. The molecular formula is C21H47NO4Si2. The fourth-order valence-electron chi connectivity index (χ4n) is 1.58. The summed E-state index contributed by atoms with van der Waals surface area (Å²) in [6.07, 6.45) is 0.899. The molecule has 0 aromatic carbocycles. The summed E-state index contributed by atoms with van der Waals surface area (Å²) >= 11 is 0. The van der Waals surface area contributed by atoms with Crippen LogP contribution in [0.25, 0.3) is 0 Å². The van der Waals surface area contributed by atoms with Crippen LogP contribution in [-0.2, 0) is 8.85 Å². The SMILES string of the molecule is C=C[C@@H](CO)NC(=O)OC(C)(C)C.CC(C)(C)[Si](C)(C)O[Si](C)(C)C(C)(C)C. The topological polar surface area (TPSA) is 67.8 Å². The Morgan fingerprint density at radius 3 is 1.54 bits per heavy atom. The number of rotatable bonds is 5. The molecule has 0 rings (SSSR count). The normalized spacial score (nSPS) is 14.5. The molecule has 0 saturated carbocycles. The summed E-state index contributed by atoms with van der Waals surface area (Å²) in [5.41, 5.74) is -0.523. The van der Waals surface area contributed by atoms with Crippen molar-refractivity contribution in [1.82, 2.24) is 5.32 Å². The molecule has 5 nitrogen and oxygen atoms in total. The Bertz CT molecular complexity index is 474. The first-order valence-electron chi connectivity index (χ1n) is 10.0. The third-order valence-electron chi connectivity index (χ3n) is 5.31. The minimum absolute atomic E-state index is 0.178. The standard InChI is InChI=1S/C12H30OSi2.C9H17NO3/c1-11(2,3)14(7,8)13-15(9,10)12(4,5)6;1-5-7(6-11)10-8(12)13-9(2,3)4/h1-10H3;5,7,11H,1,6H2,2-4H3,(H,10,12)/t;7-/m.0/s1. The molecule has 0 aliphatic rings. The van der Waals surface area contributed by atoms with E-state index in [-0.39, 0.29) is 6.61 Å². The maximum absolute atomic E-state index is 11.1. The van der Waals surface area contributed by atoms with Crippen LogP contribution in [0.15, 0.2) is 12.7 Å². The van der Waals surface area contributed by atoms with Crippen LogP contribution < -0.4 is 5.32 Å². The van der Waals surface area contributed by atoms with Crippen molar-refractivity contribution < 1.29 is 18.8 Å². The van der Waals surface area contributed by atoms with Crippen molar-refractivity contribution >= 4 is 22.7 Å². The predicted molar refractivity (Wildman–Crippen MR) is 126 cm³/mol. The Hall–Kier alpha value is -0.636. The second-order valence-corrected chi connectivity index (χ2v) is 21.2. The van der Waals surface area contributed by atoms with E-state index in [9.17, 15) is 4.79 Å². The van der Waals surface area contributed by atoms with E-state index in [0.717, 1.165) is 0 Å². The number of aliphatic hydroxyl groups is 1. The molecule has 0 aromatic heterocycles. The predicted octanol–water partition coefficient (Wildman–Crippen LogP) is 6.07. The van der Waals surface area contributed by atoms with E-state index < -0.39 is 34.4 Å². The van der Waals surface area contributed by atoms with Gasteiger partial charge >= 0.3 is 6.09 Å². The monoisotopic (exact) mass is 433 g/mol. The molecule has 0 aliphatic heterocycles. The average molecular weight is 434 g/mol. The van der Waals surface area contributed by atoms with Gasteiger partial charge in [-0.3, -0.25) is 0 Å². The summed E-state index contributed by atoms with van der Waals surface area (Å²) in [5.74, 6) is 0. The Kier molecular flexibility index (Phi) is 11.0. The van der Waals surface area contributed by atoms with Crippen LogP contribution in [0.5, 0.6) is 0 Å². The highest BCUT2D eigenvalue weighted by atomic mass is 28.4. The maximum atomic E-state index is 11.1. The van der Waals surface area contributed by atoms with E-state index in [2.05, 4.69) is 79.6 Å². The number of alkyl carbamates (subject to hydrolysis) is 1. The van der Waals surface area contributed by atoms with E-state index in [1.165, 1.54) is 6.08 Å². The number of amides is 1. The van der Waals surface area contributed by atoms with Crippen LogP contribution in [0.4, 0.5) is 4.79 Å². The lowest BCUT2D eigenvalue weighted by atomic mass is 10.2. The summed E-state index contributed by atoms with van der Waals surface area (Å²) < 4.78 is 11.6. The fraction of sp³-hybridized carbons (Fsp3) is 0.857. The van der Waals surface area contributed by atoms with E-state index >= 15 is 0 Å². The van der Waals surface area contributed by atoms with E-state index in [1.54, 1.807) is 20.8 Å². The number of ether oxygens (including phenoxy) is 1. The van der Waals surface area contributed by atoms with Crippen molar-refractivity contribution in [2.45, 2.75) is 110 Å². The highest BCUT2D eigenvalue weighted by Gasteiger charge is 2.46. The second-order valence-electron chi connectivity index (χ2n) is 11.3. The highest BCUT2D eigenvalue weighted by Crippen LogP contribution is 2.44. The molecule has 0 spiro atoms. The van der Waals surface area contributed by atoms with Gasteiger partial charge in [0, 0.05) is 0 Å². The van der Waals surface area contributed by atoms with Gasteiger partial charge in [-0.25, -0.2) is 4.79 Å². The molecule has 0 aliphatic carbocycles. The molecule has 2 N–H and O–H groups in total. The number of nitrogens with one attached hydrogen (secondary N) is 1. The van der Waals surface area contributed by atoms with Gasteiger partial charge in [0.25, 0.3) is 0 Å². The maximum Gasteiger partial charge on any atom is 0.408 e. The molecule has 0 heterocycles. The number of aliphatic hydroxyl groups excluding tert-OH is 1. The summed E-state index contributed by atoms with van der Waals surface area (Å²) in [5, 5.41) is 11.8. The van der Waals surface area contributed by atoms with E-state index in [0.29, 0.717) is 10.1 Å². The van der Waals surface area contributed by atoms with Gasteiger partial charge in [-0.2, -0.15) is 0 Å². The Morgan fingerprint density at radius 2 is 1.32 bits per heavy atom. The first-order valence-corrected chi connectivity index (χ1v) is 15.8. The zero-order valence-electron chi connectivity index (χ0n) is 20.7. The first-order chi connectivity index (χ1) is 12.1. The number of hydrogen-bond acceptors (Lipinski definition) is 4. The minimum Gasteiger partial charge on any atom is -0.455 e. The van der Waals surface area contributed by atoms with Crippen LogP contribution >= 0.6 is 0 Å². The Balaban J connectivity index is 0. The minimum atomic E-state index is -1.59. The fourth-order valence-corrected chi connectivity index (χ4v) is 9.13. The van der Waals surface area contributed by atoms with Crippen molar-refractivity contribution in [3.05, 3.63) is 12.7 Å². The highest BCUT2D eigenvalue weighted by molar-refractivity contribution is 6.87. The number of hydrogen-bond donors (Lipinski definition) is 2. The number of carbonyl (C=O) groups is 1. The molecule has 1 amide bonds. The third kappa shape index (κ3) is 11.4. The van der Waals surface area contributed by atoms with Crippen LogP contribution in [0, 0.1) is 0 Å². The zero-order chi connectivity index (χ0) is 23.2. The molecule has 1 atom stereocenters. The molecule has 0 unspecified atom stereocenters. The van der Waals surface area contributed by atoms with Crippen LogP contribution in [0.1, 0.15) is 62.3 Å². The van der Waals surface area contributed by atoms with Crippen LogP contribution in [0.2, 0.25) is 36.3 Å². The van der Waals surface area contributed by atoms with Crippen molar-refractivity contribution in [1.29, 1.82) is 0 Å². The van der Waals surface area contributed by atoms with Gasteiger partial charge in [-0.15, -0.1) is 6.58 Å². The Labute approximate surface area is 176 Å². The van der Waals surface area contributed by atoms with Gasteiger partial charge in [-0.1, -0.05) is 47.6 Å². The van der Waals surface area contributed by atoms with Crippen molar-refractivity contribution in [2.24, 2.45) is 0 Å². The average Bonchev–Trinajstić information content (AvgIpc) is 2.39. The lowest BCUT2D eigenvalue weighted by molar-refractivity contribution is 0.0498. The van der Waals surface area contributed by atoms with Gasteiger partial charge in [-0.05, 0) is 57.0 Å². The summed E-state index contributed by atoms with van der Waals surface area (Å²) in [7, 11) is -3.18. The second kappa shape index (κ2) is 10.4. The van der Waals surface area contributed by atoms with E-state index in [4.69, 9.17) is 14.0 Å². The summed E-state index contributed by atoms with van der Waals surface area (Å²) in [6, 6.07) is -0.449. The van der Waals surface area contributed by atoms with Gasteiger partial charge in [0.15, 0.2) is 16.6 Å². The quantitative estimate of drug-likeness (QED) is 0.408. The lowest BCUT2D eigenvalue weighted by Crippen LogP contribution is -2.53. The smallest absolute Gasteiger partial charge is 0.408 e. The molecular weight excluding hydrogens is 386 g/mol. The molecule has 0 radical (unpaired) electrons. The third-order valence-corrected chi connectivity index (χ3v) is 16.6. The molecule has 168 valence electrons. The van der Waals surface area contributed by atoms with Crippen LogP contribution in [-0.4, -0.2) is 46.1 Å². The zero-order valence-corrected chi connectivity index (χ0v) is 22.7. The van der Waals surface area contributed by atoms with Gasteiger partial charge in [0.05, 0.1) is 12.6 Å². The van der Waals surface area contributed by atoms with Gasteiger partial charge in [0.1, 0.15) is 5.60 Å². The summed E-state index contributed by atoms with van der Waals surface area (Å²) in [6.45, 7) is 31.9. The van der Waals surface area contributed by atoms with Gasteiger partial charge < -0.3 is 19.3 Å². The van der Waals surface area contributed by atoms with Crippen molar-refractivity contribution in [3.63, 3.8) is 0 Å². The van der Waals surface area contributed by atoms with Crippen LogP contribution in [0.3, 0.4) is 0 Å². The molecule has 0 aromatic rings.